The molecule has 10 nitrogen and oxygen atoms in total. The molecule has 1 amide bonds. The maximum absolute atomic E-state index is 12.8. The van der Waals surface area contributed by atoms with Crippen LogP contribution in [0, 0.1) is 29.6 Å². The van der Waals surface area contributed by atoms with Crippen LogP contribution in [-0.2, 0) is 16.1 Å². The molecule has 0 unspecified atom stereocenters. The summed E-state index contributed by atoms with van der Waals surface area (Å²) >= 11 is 1.06. The normalized spacial score (nSPS) is 12.9. The zero-order valence-electron chi connectivity index (χ0n) is 20.8. The number of nitrogens with one attached hydrogen (secondary N) is 2. The Hall–Kier alpha value is -4.08. The van der Waals surface area contributed by atoms with Crippen molar-refractivity contribution in [1.29, 1.82) is 10.5 Å². The molecule has 2 N–H and O–H groups in total. The number of amides is 1. The van der Waals surface area contributed by atoms with Gasteiger partial charge in [0.25, 0.3) is 11.5 Å². The van der Waals surface area contributed by atoms with Crippen molar-refractivity contribution in [1.82, 2.24) is 14.8 Å². The highest BCUT2D eigenvalue weighted by atomic mass is 32.1. The van der Waals surface area contributed by atoms with Gasteiger partial charge in [0.05, 0.1) is 19.3 Å². The van der Waals surface area contributed by atoms with Crippen LogP contribution in [0.25, 0.3) is 11.5 Å². The van der Waals surface area contributed by atoms with Gasteiger partial charge in [-0.15, -0.1) is 0 Å². The van der Waals surface area contributed by atoms with E-state index in [0.717, 1.165) is 61.2 Å². The van der Waals surface area contributed by atoms with Crippen LogP contribution in [-0.4, -0.2) is 61.4 Å². The summed E-state index contributed by atoms with van der Waals surface area (Å²) in [5, 5.41) is 23.3. The first-order chi connectivity index (χ1) is 18.0. The first kappa shape index (κ1) is 27.5. The Balaban J connectivity index is 1.81. The number of anilines is 1. The number of nitriles is 2. The first-order valence-corrected chi connectivity index (χ1v) is 12.6. The molecular formula is C26H28N6O4S. The van der Waals surface area contributed by atoms with Gasteiger partial charge in [-0.1, -0.05) is 28.9 Å². The van der Waals surface area contributed by atoms with Crippen LogP contribution in [0.3, 0.4) is 0 Å². The number of nitrogens with zero attached hydrogens (tertiary/aromatic N) is 4. The number of carbonyl (C=O) groups is 1. The van der Waals surface area contributed by atoms with Gasteiger partial charge in [0, 0.05) is 44.1 Å². The molecule has 2 heterocycles. The Bertz CT molecular complexity index is 1460. The van der Waals surface area contributed by atoms with Crippen LogP contribution in [0.2, 0.25) is 0 Å². The lowest BCUT2D eigenvalue weighted by atomic mass is 10.2. The van der Waals surface area contributed by atoms with E-state index >= 15 is 0 Å². The number of carbonyl (C=O) groups excluding carboxylic acids is 1. The monoisotopic (exact) mass is 520 g/mol. The second kappa shape index (κ2) is 13.9. The zero-order valence-corrected chi connectivity index (χ0v) is 21.6. The predicted molar refractivity (Wildman–Crippen MR) is 140 cm³/mol. The lowest BCUT2D eigenvalue weighted by Crippen LogP contribution is -2.38. The number of aryl methyl sites for hydroxylation is 1. The molecule has 1 saturated heterocycles. The second-order valence-corrected chi connectivity index (χ2v) is 8.95. The van der Waals surface area contributed by atoms with Crippen LogP contribution >= 0.6 is 11.3 Å². The Morgan fingerprint density at radius 3 is 2.78 bits per heavy atom. The highest BCUT2D eigenvalue weighted by molar-refractivity contribution is 7.07. The summed E-state index contributed by atoms with van der Waals surface area (Å²) in [6.07, 6.45) is 1.54. The van der Waals surface area contributed by atoms with Gasteiger partial charge in [-0.25, -0.2) is 0 Å². The Morgan fingerprint density at radius 1 is 1.30 bits per heavy atom. The van der Waals surface area contributed by atoms with Crippen molar-refractivity contribution in [3.05, 3.63) is 55.1 Å². The van der Waals surface area contributed by atoms with E-state index < -0.39 is 5.91 Å². The molecule has 11 heteroatoms. The molecule has 1 fully saturated rings. The van der Waals surface area contributed by atoms with Gasteiger partial charge < -0.3 is 20.1 Å². The minimum atomic E-state index is -0.724. The minimum Gasteiger partial charge on any atom is -0.492 e. The third-order valence-corrected chi connectivity index (χ3v) is 6.51. The lowest BCUT2D eigenvalue weighted by molar-refractivity contribution is -0.116. The van der Waals surface area contributed by atoms with E-state index in [4.69, 9.17) is 14.7 Å². The molecule has 0 bridgehead atoms. The van der Waals surface area contributed by atoms with E-state index in [1.807, 2.05) is 25.1 Å². The molecule has 1 aromatic heterocycles. The number of thiazole rings is 1. The van der Waals surface area contributed by atoms with Crippen LogP contribution < -0.4 is 30.1 Å². The SMILES string of the molecule is CCn1c(=C=C(C#N)C(=O)NCC#N)sc(=C=CNc2ccc(C)c(OCCN3CCOCC3)c2)c1=O. The highest BCUT2D eigenvalue weighted by Gasteiger charge is 2.11. The van der Waals surface area contributed by atoms with Gasteiger partial charge in [0.15, 0.2) is 5.57 Å². The van der Waals surface area contributed by atoms with Gasteiger partial charge in [-0.05, 0) is 25.5 Å². The number of benzene rings is 1. The van der Waals surface area contributed by atoms with Gasteiger partial charge in [0.2, 0.25) is 0 Å². The van der Waals surface area contributed by atoms with Crippen molar-refractivity contribution in [3.8, 4) is 17.9 Å². The maximum Gasteiger partial charge on any atom is 0.277 e. The van der Waals surface area contributed by atoms with Crippen molar-refractivity contribution >= 4 is 34.4 Å². The van der Waals surface area contributed by atoms with E-state index in [9.17, 15) is 14.9 Å². The summed E-state index contributed by atoms with van der Waals surface area (Å²) in [6.45, 7) is 8.59. The Morgan fingerprint density at radius 2 is 2.08 bits per heavy atom. The summed E-state index contributed by atoms with van der Waals surface area (Å²) in [5.41, 5.74) is 6.82. The van der Waals surface area contributed by atoms with E-state index in [1.54, 1.807) is 19.1 Å². The zero-order chi connectivity index (χ0) is 26.6. The van der Waals surface area contributed by atoms with Gasteiger partial charge in [-0.2, -0.15) is 10.5 Å². The topological polar surface area (TPSA) is 132 Å². The van der Waals surface area contributed by atoms with Crippen molar-refractivity contribution in [3.63, 3.8) is 0 Å². The number of hydrogen-bond donors (Lipinski definition) is 2. The standard InChI is InChI=1S/C26H28N6O4S/c1-3-32-24(16-20(18-28)25(33)30-9-7-27)37-23(26(32)34)6-8-29-21-5-4-19(2)22(17-21)36-15-12-31-10-13-35-14-11-31/h4-5,8,17,29H,3,9-15H2,1-2H3,(H,30,33). The van der Waals surface area contributed by atoms with Crippen LogP contribution in [0.5, 0.6) is 5.75 Å². The number of ether oxygens (including phenoxy) is 2. The van der Waals surface area contributed by atoms with E-state index in [-0.39, 0.29) is 17.7 Å². The summed E-state index contributed by atoms with van der Waals surface area (Å²) in [5.74, 6) is 0.0504. The maximum atomic E-state index is 12.8. The van der Waals surface area contributed by atoms with Crippen LogP contribution in [0.4, 0.5) is 5.69 Å². The number of hydrogen-bond acceptors (Lipinski definition) is 9. The molecule has 0 spiro atoms. The third kappa shape index (κ3) is 7.70. The number of rotatable bonds is 9. The fourth-order valence-corrected chi connectivity index (χ4v) is 4.46. The molecule has 192 valence electrons. The molecule has 0 radical (unpaired) electrons. The first-order valence-electron chi connectivity index (χ1n) is 11.8. The number of morpholine rings is 1. The van der Waals surface area contributed by atoms with Gasteiger partial charge in [0.1, 0.15) is 34.2 Å². The molecule has 0 atom stereocenters. The number of aromatic nitrogens is 1. The summed E-state index contributed by atoms with van der Waals surface area (Å²) < 4.78 is 13.4. The molecule has 1 aliphatic heterocycles. The molecular weight excluding hydrogens is 492 g/mol. The van der Waals surface area contributed by atoms with Crippen LogP contribution in [0.15, 0.2) is 34.8 Å². The average Bonchev–Trinajstić information content (AvgIpc) is 3.21. The van der Waals surface area contributed by atoms with Gasteiger partial charge in [-0.3, -0.25) is 19.1 Å². The van der Waals surface area contributed by atoms with Crippen molar-refractivity contribution < 1.29 is 14.3 Å². The fourth-order valence-electron chi connectivity index (χ4n) is 3.47. The molecule has 37 heavy (non-hydrogen) atoms. The summed E-state index contributed by atoms with van der Waals surface area (Å²) in [4.78, 5) is 27.1. The van der Waals surface area contributed by atoms with E-state index in [1.165, 1.54) is 10.8 Å². The second-order valence-electron chi connectivity index (χ2n) is 7.95. The Kier molecular flexibility index (Phi) is 10.3. The van der Waals surface area contributed by atoms with Crippen molar-refractivity contribution in [2.24, 2.45) is 0 Å². The summed E-state index contributed by atoms with van der Waals surface area (Å²) in [6, 6.07) is 9.29. The smallest absolute Gasteiger partial charge is 0.277 e. The van der Waals surface area contributed by atoms with Crippen molar-refractivity contribution in [2.75, 3.05) is 51.3 Å². The van der Waals surface area contributed by atoms with E-state index in [0.29, 0.717) is 22.3 Å². The van der Waals surface area contributed by atoms with Crippen molar-refractivity contribution in [2.45, 2.75) is 20.4 Å². The predicted octanol–water partition coefficient (Wildman–Crippen LogP) is 0.423. The molecule has 1 aromatic carbocycles. The van der Waals surface area contributed by atoms with Crippen LogP contribution in [0.1, 0.15) is 12.5 Å². The largest absolute Gasteiger partial charge is 0.492 e. The lowest BCUT2D eigenvalue weighted by Gasteiger charge is -2.26. The molecule has 0 aliphatic carbocycles. The quantitative estimate of drug-likeness (QED) is 0.276. The fraction of sp³-hybridized carbons (Fsp3) is 0.385. The van der Waals surface area contributed by atoms with E-state index in [2.05, 4.69) is 27.0 Å². The Labute approximate surface area is 218 Å². The van der Waals surface area contributed by atoms with Gasteiger partial charge >= 0.3 is 0 Å². The summed E-state index contributed by atoms with van der Waals surface area (Å²) in [7, 11) is 0. The molecule has 2 aromatic rings. The highest BCUT2D eigenvalue weighted by Crippen LogP contribution is 2.22. The average molecular weight is 521 g/mol. The molecule has 3 rings (SSSR count). The molecule has 0 saturated carbocycles. The molecule has 1 aliphatic rings. The third-order valence-electron chi connectivity index (χ3n) is 5.50. The minimum absolute atomic E-state index is 0.232.